The summed E-state index contributed by atoms with van der Waals surface area (Å²) in [4.78, 5) is 55.9. The molecule has 0 bridgehead atoms. The van der Waals surface area contributed by atoms with Gasteiger partial charge in [0, 0.05) is 33.9 Å². The van der Waals surface area contributed by atoms with Crippen LogP contribution in [0.5, 0.6) is 0 Å². The Morgan fingerprint density at radius 1 is 0.744 bits per heavy atom. The molecular formula is C28H14N2NaO7S+. The van der Waals surface area contributed by atoms with Gasteiger partial charge in [0.2, 0.25) is 17.2 Å². The van der Waals surface area contributed by atoms with Crippen molar-refractivity contribution in [1.29, 1.82) is 0 Å². The van der Waals surface area contributed by atoms with E-state index in [1.54, 1.807) is 42.5 Å². The Hall–Kier alpha value is -3.80. The van der Waals surface area contributed by atoms with Crippen molar-refractivity contribution in [3.8, 4) is 0 Å². The molecule has 11 heteroatoms. The molecule has 39 heavy (non-hydrogen) atoms. The predicted octanol–water partition coefficient (Wildman–Crippen LogP) is -1.74. The Balaban J connectivity index is 0.00000277. The number of carbonyl (C=O) groups excluding carboxylic acids is 4. The zero-order valence-electron chi connectivity index (χ0n) is 20.2. The Bertz CT molecular complexity index is 1950. The number of benzene rings is 3. The van der Waals surface area contributed by atoms with Crippen LogP contribution in [-0.4, -0.2) is 47.9 Å². The van der Waals surface area contributed by atoms with E-state index in [-0.39, 0.29) is 69.0 Å². The summed E-state index contributed by atoms with van der Waals surface area (Å²) in [5, 5.41) is 3.23. The van der Waals surface area contributed by atoms with Gasteiger partial charge in [0.25, 0.3) is 0 Å². The predicted molar refractivity (Wildman–Crippen MR) is 132 cm³/mol. The van der Waals surface area contributed by atoms with Crippen molar-refractivity contribution in [3.05, 3.63) is 111 Å². The average molecular weight is 545 g/mol. The van der Waals surface area contributed by atoms with E-state index in [0.717, 1.165) is 6.07 Å². The average Bonchev–Trinajstić information content (AvgIpc) is 2.91. The number of Topliss-reactive ketones (excluding diaryl/α,β-unsaturated/α-hetero) is 2. The summed E-state index contributed by atoms with van der Waals surface area (Å²) in [7, 11) is -5.01. The molecule has 3 aromatic rings. The largest absolute Gasteiger partial charge is 1.00 e. The standard InChI is InChI=1S/C28H14N2O7S.Na/c31-25-12-4-1-2-5-13(12)26(32)21-15(25)8-10-17-23(21)29-18-11-9-16-22(24(18)30-17)28(34)14-6-3-7-19(38(35,36)37)20(14)27(16)33;/h1-11,18,29H,(H,35,36,37);/q;+1. The first kappa shape index (κ1) is 25.5. The van der Waals surface area contributed by atoms with Gasteiger partial charge in [0.05, 0.1) is 16.0 Å². The van der Waals surface area contributed by atoms with Gasteiger partial charge in [-0.25, -0.2) is 13.4 Å². The second kappa shape index (κ2) is 8.60. The minimum Gasteiger partial charge on any atom is -0.744 e. The molecule has 184 valence electrons. The van der Waals surface area contributed by atoms with Gasteiger partial charge >= 0.3 is 29.6 Å². The molecule has 7 rings (SSSR count). The van der Waals surface area contributed by atoms with E-state index in [9.17, 15) is 32.1 Å². The Labute approximate surface area is 243 Å². The van der Waals surface area contributed by atoms with Crippen LogP contribution < -0.4 is 39.9 Å². The van der Waals surface area contributed by atoms with Gasteiger partial charge in [-0.05, 0) is 12.1 Å². The maximum absolute atomic E-state index is 13.6. The fraction of sp³-hybridized carbons (Fsp3) is 0.0357. The molecule has 4 aliphatic rings. The number of hydrogen-bond donors (Lipinski definition) is 2. The van der Waals surface area contributed by atoms with Gasteiger partial charge in [-0.2, -0.15) is 0 Å². The van der Waals surface area contributed by atoms with E-state index >= 15 is 0 Å². The monoisotopic (exact) mass is 545 g/mol. The third-order valence-electron chi connectivity index (χ3n) is 7.21. The van der Waals surface area contributed by atoms with Crippen LogP contribution in [-0.2, 0) is 10.1 Å². The van der Waals surface area contributed by atoms with E-state index < -0.39 is 38.2 Å². The van der Waals surface area contributed by atoms with Gasteiger partial charge in [-0.15, -0.1) is 0 Å². The summed E-state index contributed by atoms with van der Waals surface area (Å²) in [6.07, 6.45) is 3.00. The normalized spacial score (nSPS) is 18.5. The molecule has 3 aliphatic carbocycles. The van der Waals surface area contributed by atoms with Crippen molar-refractivity contribution >= 4 is 50.3 Å². The Kier molecular flexibility index (Phi) is 5.62. The smallest absolute Gasteiger partial charge is 0.744 e. The van der Waals surface area contributed by atoms with Gasteiger partial charge in [0.1, 0.15) is 27.4 Å². The topological polar surface area (TPSA) is 151 Å². The molecule has 0 amide bonds. The third kappa shape index (κ3) is 3.46. The van der Waals surface area contributed by atoms with Crippen LogP contribution >= 0.6 is 0 Å². The summed E-state index contributed by atoms with van der Waals surface area (Å²) in [5.41, 5.74) is 1.65. The van der Waals surface area contributed by atoms with Crippen LogP contribution in [0.1, 0.15) is 52.6 Å². The van der Waals surface area contributed by atoms with E-state index in [1.807, 2.05) is 0 Å². The van der Waals surface area contributed by atoms with Gasteiger partial charge < -0.3 is 9.87 Å². The first-order chi connectivity index (χ1) is 18.2. The molecule has 0 saturated carbocycles. The van der Waals surface area contributed by atoms with Crippen LogP contribution in [0.2, 0.25) is 0 Å². The molecule has 1 unspecified atom stereocenters. The molecule has 0 fully saturated rings. The van der Waals surface area contributed by atoms with E-state index in [1.165, 1.54) is 18.2 Å². The van der Waals surface area contributed by atoms with E-state index in [0.29, 0.717) is 28.2 Å². The van der Waals surface area contributed by atoms with Gasteiger partial charge in [-0.1, -0.05) is 48.6 Å². The molecule has 1 aliphatic heterocycles. The molecule has 1 heterocycles. The van der Waals surface area contributed by atoms with Crippen molar-refractivity contribution in [2.75, 3.05) is 5.32 Å². The zero-order chi connectivity index (χ0) is 26.5. The third-order valence-corrected chi connectivity index (χ3v) is 8.09. The maximum Gasteiger partial charge on any atom is 1.00 e. The number of allylic oxidation sites excluding steroid dienone is 2. The number of rotatable bonds is 1. The second-order valence-corrected chi connectivity index (χ2v) is 10.6. The molecule has 2 N–H and O–H groups in total. The van der Waals surface area contributed by atoms with Crippen molar-refractivity contribution in [3.63, 3.8) is 0 Å². The SMILES string of the molecule is O=C1C2=C(C=CC3Nc4c(ccc5c4C(=O)c4ccccc4C5=O)[NH+]=C23)C(=O)c2c1cccc2S(=O)(=O)[O-].[Na+]. The Morgan fingerprint density at radius 3 is 2.13 bits per heavy atom. The number of ketones is 4. The fourth-order valence-electron chi connectivity index (χ4n) is 5.54. The summed E-state index contributed by atoms with van der Waals surface area (Å²) in [6, 6.07) is 12.7. The summed E-state index contributed by atoms with van der Waals surface area (Å²) >= 11 is 0. The van der Waals surface area contributed by atoms with Crippen LogP contribution in [0, 0.1) is 0 Å². The summed E-state index contributed by atoms with van der Waals surface area (Å²) < 4.78 is 35.4. The first-order valence-corrected chi connectivity index (χ1v) is 12.9. The summed E-state index contributed by atoms with van der Waals surface area (Å²) in [5.74, 6) is -1.94. The molecule has 0 saturated heterocycles. The van der Waals surface area contributed by atoms with E-state index in [2.05, 4.69) is 10.3 Å². The molecule has 3 aromatic carbocycles. The van der Waals surface area contributed by atoms with Crippen molar-refractivity contribution < 1.29 is 66.7 Å². The minimum absolute atomic E-state index is 0. The van der Waals surface area contributed by atoms with Crippen LogP contribution in [0.15, 0.2) is 82.8 Å². The Morgan fingerprint density at radius 2 is 1.41 bits per heavy atom. The number of anilines is 1. The number of fused-ring (bicyclic) bond motifs is 7. The first-order valence-electron chi connectivity index (χ1n) is 11.5. The van der Waals surface area contributed by atoms with Crippen LogP contribution in [0.3, 0.4) is 0 Å². The maximum atomic E-state index is 13.6. The second-order valence-electron chi connectivity index (χ2n) is 9.21. The van der Waals surface area contributed by atoms with Gasteiger partial charge in [-0.3, -0.25) is 19.2 Å². The van der Waals surface area contributed by atoms with Crippen LogP contribution in [0.25, 0.3) is 0 Å². The van der Waals surface area contributed by atoms with Crippen molar-refractivity contribution in [1.82, 2.24) is 0 Å². The molecule has 0 radical (unpaired) electrons. The van der Waals surface area contributed by atoms with Crippen LogP contribution in [0.4, 0.5) is 11.4 Å². The summed E-state index contributed by atoms with van der Waals surface area (Å²) in [6.45, 7) is 0. The molecule has 0 spiro atoms. The zero-order valence-corrected chi connectivity index (χ0v) is 23.0. The van der Waals surface area contributed by atoms with Crippen molar-refractivity contribution in [2.24, 2.45) is 0 Å². The quantitative estimate of drug-likeness (QED) is 0.211. The van der Waals surface area contributed by atoms with Gasteiger partial charge in [0.15, 0.2) is 17.3 Å². The number of nitrogens with one attached hydrogen (secondary N) is 2. The fourth-order valence-corrected chi connectivity index (χ4v) is 6.24. The van der Waals surface area contributed by atoms with Crippen molar-refractivity contribution in [2.45, 2.75) is 10.9 Å². The number of carbonyl (C=O) groups is 4. The molecule has 0 aromatic heterocycles. The molecular weight excluding hydrogens is 531 g/mol. The minimum atomic E-state index is -5.01. The van der Waals surface area contributed by atoms with E-state index in [4.69, 9.17) is 0 Å². The molecule has 1 atom stereocenters. The molecule has 9 nitrogen and oxygen atoms in total. The number of hydrogen-bond acceptors (Lipinski definition) is 8.